The maximum Gasteiger partial charge on any atom is 0.307 e. The molecule has 6 heteroatoms. The summed E-state index contributed by atoms with van der Waals surface area (Å²) in [5.41, 5.74) is 0.406. The highest BCUT2D eigenvalue weighted by molar-refractivity contribution is 5.84. The molecule has 22 heavy (non-hydrogen) atoms. The zero-order chi connectivity index (χ0) is 17.5. The smallest absolute Gasteiger partial charge is 0.307 e. The Morgan fingerprint density at radius 2 is 1.59 bits per heavy atom. The highest BCUT2D eigenvalue weighted by Gasteiger charge is 2.27. The SMILES string of the molecule is C=C(CC(=O)O)c1cc(OC)c(C(C)(C)O)c(OC)c1.CO. The third-order valence-electron chi connectivity index (χ3n) is 2.89. The second-order valence-electron chi connectivity index (χ2n) is 4.99. The predicted molar refractivity (Wildman–Crippen MR) is 84.2 cm³/mol. The molecule has 124 valence electrons. The molecule has 0 aliphatic heterocycles. The Kier molecular flexibility index (Phi) is 7.62. The summed E-state index contributed by atoms with van der Waals surface area (Å²) in [4.78, 5) is 10.8. The second-order valence-corrected chi connectivity index (χ2v) is 4.99. The molecule has 0 amide bonds. The number of aliphatic carboxylic acids is 1. The van der Waals surface area contributed by atoms with Crippen LogP contribution < -0.4 is 9.47 Å². The summed E-state index contributed by atoms with van der Waals surface area (Å²) >= 11 is 0. The van der Waals surface area contributed by atoms with Gasteiger partial charge in [-0.15, -0.1) is 0 Å². The van der Waals surface area contributed by atoms with Gasteiger partial charge in [0.2, 0.25) is 0 Å². The summed E-state index contributed by atoms with van der Waals surface area (Å²) in [6.45, 7) is 7.00. The molecule has 0 unspecified atom stereocenters. The van der Waals surface area contributed by atoms with Gasteiger partial charge in [-0.3, -0.25) is 4.79 Å². The van der Waals surface area contributed by atoms with E-state index in [-0.39, 0.29) is 6.42 Å². The van der Waals surface area contributed by atoms with Crippen LogP contribution in [0.4, 0.5) is 0 Å². The lowest BCUT2D eigenvalue weighted by atomic mass is 9.92. The molecular weight excluding hydrogens is 288 g/mol. The van der Waals surface area contributed by atoms with Crippen molar-refractivity contribution in [3.05, 3.63) is 29.8 Å². The van der Waals surface area contributed by atoms with Gasteiger partial charge in [-0.2, -0.15) is 0 Å². The van der Waals surface area contributed by atoms with Crippen molar-refractivity contribution in [3.8, 4) is 11.5 Å². The van der Waals surface area contributed by atoms with E-state index in [2.05, 4.69) is 6.58 Å². The van der Waals surface area contributed by atoms with Crippen LogP contribution in [0.15, 0.2) is 18.7 Å². The maximum absolute atomic E-state index is 10.8. The lowest BCUT2D eigenvalue weighted by Crippen LogP contribution is -2.18. The number of methoxy groups -OCH3 is 2. The summed E-state index contributed by atoms with van der Waals surface area (Å²) in [7, 11) is 3.96. The molecule has 0 radical (unpaired) electrons. The molecule has 0 spiro atoms. The van der Waals surface area contributed by atoms with Gasteiger partial charge in [-0.05, 0) is 37.1 Å². The van der Waals surface area contributed by atoms with Crippen molar-refractivity contribution in [3.63, 3.8) is 0 Å². The van der Waals surface area contributed by atoms with Crippen molar-refractivity contribution < 1.29 is 29.6 Å². The number of aliphatic hydroxyl groups excluding tert-OH is 1. The van der Waals surface area contributed by atoms with Crippen molar-refractivity contribution >= 4 is 11.5 Å². The minimum absolute atomic E-state index is 0.172. The zero-order valence-electron chi connectivity index (χ0n) is 13.6. The predicted octanol–water partition coefficient (Wildman–Crippen LogP) is 2.03. The first-order chi connectivity index (χ1) is 10.2. The number of benzene rings is 1. The molecule has 1 aromatic rings. The Morgan fingerprint density at radius 3 is 1.86 bits per heavy atom. The van der Waals surface area contributed by atoms with Gasteiger partial charge < -0.3 is 24.8 Å². The maximum atomic E-state index is 10.8. The van der Waals surface area contributed by atoms with Gasteiger partial charge in [0.15, 0.2) is 0 Å². The fourth-order valence-electron chi connectivity index (χ4n) is 2.00. The Balaban J connectivity index is 0.00000211. The zero-order valence-corrected chi connectivity index (χ0v) is 13.6. The minimum Gasteiger partial charge on any atom is -0.496 e. The largest absolute Gasteiger partial charge is 0.496 e. The Morgan fingerprint density at radius 1 is 1.18 bits per heavy atom. The first-order valence-corrected chi connectivity index (χ1v) is 6.54. The van der Waals surface area contributed by atoms with Gasteiger partial charge in [-0.25, -0.2) is 0 Å². The molecule has 0 saturated heterocycles. The number of aliphatic hydroxyl groups is 2. The Labute approximate surface area is 130 Å². The molecule has 0 aliphatic rings. The average Bonchev–Trinajstić information content (AvgIpc) is 2.46. The van der Waals surface area contributed by atoms with Gasteiger partial charge in [0.1, 0.15) is 11.5 Å². The highest BCUT2D eigenvalue weighted by atomic mass is 16.5. The van der Waals surface area contributed by atoms with Crippen molar-refractivity contribution in [2.24, 2.45) is 0 Å². The molecule has 0 saturated carbocycles. The number of hydrogen-bond donors (Lipinski definition) is 3. The monoisotopic (exact) mass is 312 g/mol. The van der Waals surface area contributed by atoms with Crippen molar-refractivity contribution in [2.75, 3.05) is 21.3 Å². The van der Waals surface area contributed by atoms with E-state index in [1.807, 2.05) is 0 Å². The van der Waals surface area contributed by atoms with Crippen LogP contribution in [0.2, 0.25) is 0 Å². The fourth-order valence-corrected chi connectivity index (χ4v) is 2.00. The van der Waals surface area contributed by atoms with Crippen molar-refractivity contribution in [2.45, 2.75) is 25.9 Å². The van der Waals surface area contributed by atoms with Crippen LogP contribution in [0.1, 0.15) is 31.4 Å². The quantitative estimate of drug-likeness (QED) is 0.744. The lowest BCUT2D eigenvalue weighted by Gasteiger charge is -2.24. The molecule has 0 heterocycles. The molecule has 1 rings (SSSR count). The molecule has 0 aromatic heterocycles. The van der Waals surface area contributed by atoms with E-state index in [1.165, 1.54) is 14.2 Å². The van der Waals surface area contributed by atoms with E-state index in [0.29, 0.717) is 28.2 Å². The normalized spacial score (nSPS) is 10.3. The van der Waals surface area contributed by atoms with E-state index in [4.69, 9.17) is 19.7 Å². The standard InChI is InChI=1S/C15H20O5.CH4O/c1-9(6-13(16)17)10-7-11(19-4)14(15(2,3)18)12(8-10)20-5;1-2/h7-8,18H,1,6H2,2-5H3,(H,16,17);2H,1H3. The molecule has 0 aliphatic carbocycles. The topological polar surface area (TPSA) is 96.2 Å². The van der Waals surface area contributed by atoms with Gasteiger partial charge in [-0.1, -0.05) is 6.58 Å². The van der Waals surface area contributed by atoms with Gasteiger partial charge in [0.05, 0.1) is 31.8 Å². The third-order valence-corrected chi connectivity index (χ3v) is 2.89. The van der Waals surface area contributed by atoms with Crippen LogP contribution in [0.25, 0.3) is 5.57 Å². The van der Waals surface area contributed by atoms with Gasteiger partial charge in [0, 0.05) is 7.11 Å². The van der Waals surface area contributed by atoms with Crippen LogP contribution >= 0.6 is 0 Å². The van der Waals surface area contributed by atoms with Crippen LogP contribution in [-0.4, -0.2) is 42.6 Å². The molecular formula is C16H24O6. The summed E-state index contributed by atoms with van der Waals surface area (Å²) in [5, 5.41) is 26.0. The number of rotatable bonds is 6. The van der Waals surface area contributed by atoms with E-state index in [1.54, 1.807) is 26.0 Å². The van der Waals surface area contributed by atoms with Crippen LogP contribution in [0.5, 0.6) is 11.5 Å². The molecule has 0 bridgehead atoms. The number of carbonyl (C=O) groups is 1. The van der Waals surface area contributed by atoms with Gasteiger partial charge >= 0.3 is 5.97 Å². The summed E-state index contributed by atoms with van der Waals surface area (Å²) in [6.07, 6.45) is -0.172. The fraction of sp³-hybridized carbons (Fsp3) is 0.438. The molecule has 0 atom stereocenters. The van der Waals surface area contributed by atoms with E-state index < -0.39 is 11.6 Å². The van der Waals surface area contributed by atoms with Crippen LogP contribution in [0.3, 0.4) is 0 Å². The number of hydrogen-bond acceptors (Lipinski definition) is 5. The number of ether oxygens (including phenoxy) is 2. The average molecular weight is 312 g/mol. The third kappa shape index (κ3) is 5.05. The lowest BCUT2D eigenvalue weighted by molar-refractivity contribution is -0.135. The van der Waals surface area contributed by atoms with E-state index in [0.717, 1.165) is 7.11 Å². The van der Waals surface area contributed by atoms with Crippen LogP contribution in [-0.2, 0) is 10.4 Å². The number of carboxylic acid groups (broad SMARTS) is 1. The highest BCUT2D eigenvalue weighted by Crippen LogP contribution is 2.40. The van der Waals surface area contributed by atoms with Crippen molar-refractivity contribution in [1.82, 2.24) is 0 Å². The second kappa shape index (κ2) is 8.41. The first kappa shape index (κ1) is 19.9. The molecule has 6 nitrogen and oxygen atoms in total. The number of carboxylic acids is 1. The van der Waals surface area contributed by atoms with Crippen molar-refractivity contribution in [1.29, 1.82) is 0 Å². The first-order valence-electron chi connectivity index (χ1n) is 6.54. The molecule has 3 N–H and O–H groups in total. The molecule has 0 fully saturated rings. The van der Waals surface area contributed by atoms with E-state index >= 15 is 0 Å². The Bertz CT molecular complexity index is 503. The van der Waals surface area contributed by atoms with Crippen LogP contribution in [0, 0.1) is 0 Å². The minimum atomic E-state index is -1.15. The molecule has 1 aromatic carbocycles. The summed E-state index contributed by atoms with van der Waals surface area (Å²) in [6, 6.07) is 3.31. The Hall–Kier alpha value is -2.05. The van der Waals surface area contributed by atoms with E-state index in [9.17, 15) is 9.90 Å². The summed E-state index contributed by atoms with van der Waals surface area (Å²) < 4.78 is 10.6. The van der Waals surface area contributed by atoms with Gasteiger partial charge in [0.25, 0.3) is 0 Å². The summed E-state index contributed by atoms with van der Waals surface area (Å²) in [5.74, 6) is -0.101.